The van der Waals surface area contributed by atoms with Crippen LogP contribution < -0.4 is 5.32 Å². The van der Waals surface area contributed by atoms with Crippen molar-refractivity contribution in [1.29, 1.82) is 0 Å². The molecule has 0 aromatic heterocycles. The van der Waals surface area contributed by atoms with E-state index in [2.05, 4.69) is 36.5 Å². The quantitative estimate of drug-likeness (QED) is 0.827. The summed E-state index contributed by atoms with van der Waals surface area (Å²) in [6, 6.07) is 16.0. The van der Waals surface area contributed by atoms with Crippen LogP contribution in [0.5, 0.6) is 0 Å². The highest BCUT2D eigenvalue weighted by Crippen LogP contribution is 2.40. The van der Waals surface area contributed by atoms with Crippen LogP contribution in [0.25, 0.3) is 0 Å². The first-order chi connectivity index (χ1) is 10.2. The van der Waals surface area contributed by atoms with Crippen molar-refractivity contribution in [2.45, 2.75) is 32.2 Å². The van der Waals surface area contributed by atoms with Crippen LogP contribution in [0.1, 0.15) is 35.6 Å². The van der Waals surface area contributed by atoms with Crippen LogP contribution in [0, 0.1) is 18.7 Å². The summed E-state index contributed by atoms with van der Waals surface area (Å²) in [6.07, 6.45) is 3.59. The summed E-state index contributed by atoms with van der Waals surface area (Å²) in [4.78, 5) is 0. The average Bonchev–Trinajstić information content (AvgIpc) is 3.30. The molecule has 1 aliphatic rings. The van der Waals surface area contributed by atoms with Gasteiger partial charge in [-0.15, -0.1) is 0 Å². The molecule has 110 valence electrons. The molecule has 1 atom stereocenters. The van der Waals surface area contributed by atoms with Crippen LogP contribution in [-0.2, 0) is 6.42 Å². The maximum Gasteiger partial charge on any atom is 0.123 e. The summed E-state index contributed by atoms with van der Waals surface area (Å²) in [7, 11) is 0. The van der Waals surface area contributed by atoms with Gasteiger partial charge in [-0.25, -0.2) is 4.39 Å². The van der Waals surface area contributed by atoms with Crippen molar-refractivity contribution in [1.82, 2.24) is 5.32 Å². The van der Waals surface area contributed by atoms with E-state index in [1.165, 1.54) is 29.5 Å². The third kappa shape index (κ3) is 3.92. The van der Waals surface area contributed by atoms with Crippen LogP contribution >= 0.6 is 0 Å². The molecule has 1 aliphatic carbocycles. The molecule has 2 aromatic rings. The van der Waals surface area contributed by atoms with Crippen molar-refractivity contribution in [3.8, 4) is 0 Å². The third-order valence-corrected chi connectivity index (χ3v) is 4.18. The van der Waals surface area contributed by atoms with E-state index in [1.807, 2.05) is 12.1 Å². The standard InChI is InChI=1S/C19H22FN/c1-14-3-2-4-15(13-14)11-12-21-19(16-5-6-16)17-7-9-18(20)10-8-17/h2-4,7-10,13,16,19,21H,5-6,11-12H2,1H3. The monoisotopic (exact) mass is 283 g/mol. The second kappa shape index (κ2) is 6.40. The molecule has 1 saturated carbocycles. The van der Waals surface area contributed by atoms with Gasteiger partial charge in [0.15, 0.2) is 0 Å². The summed E-state index contributed by atoms with van der Waals surface area (Å²) in [5.41, 5.74) is 3.89. The Hall–Kier alpha value is -1.67. The smallest absolute Gasteiger partial charge is 0.123 e. The third-order valence-electron chi connectivity index (χ3n) is 4.18. The van der Waals surface area contributed by atoms with Crippen molar-refractivity contribution in [3.05, 3.63) is 71.0 Å². The Morgan fingerprint density at radius 2 is 1.90 bits per heavy atom. The van der Waals surface area contributed by atoms with Gasteiger partial charge in [0.2, 0.25) is 0 Å². The zero-order chi connectivity index (χ0) is 14.7. The second-order valence-corrected chi connectivity index (χ2v) is 6.06. The first-order valence-electron chi connectivity index (χ1n) is 7.77. The topological polar surface area (TPSA) is 12.0 Å². The van der Waals surface area contributed by atoms with E-state index in [-0.39, 0.29) is 5.82 Å². The summed E-state index contributed by atoms with van der Waals surface area (Å²) < 4.78 is 13.1. The Kier molecular flexibility index (Phi) is 4.35. The van der Waals surface area contributed by atoms with Crippen LogP contribution in [0.15, 0.2) is 48.5 Å². The average molecular weight is 283 g/mol. The molecule has 0 spiro atoms. The van der Waals surface area contributed by atoms with Crippen LogP contribution in [0.3, 0.4) is 0 Å². The molecule has 0 amide bonds. The highest BCUT2D eigenvalue weighted by Gasteiger charge is 2.31. The summed E-state index contributed by atoms with van der Waals surface area (Å²) in [5.74, 6) is 0.557. The van der Waals surface area contributed by atoms with E-state index in [1.54, 1.807) is 12.1 Å². The Balaban J connectivity index is 1.60. The summed E-state index contributed by atoms with van der Waals surface area (Å²) >= 11 is 0. The Bertz CT molecular complexity index is 587. The minimum Gasteiger partial charge on any atom is -0.309 e. The molecule has 2 aromatic carbocycles. The van der Waals surface area contributed by atoms with Gasteiger partial charge < -0.3 is 5.32 Å². The Labute approximate surface area is 126 Å². The van der Waals surface area contributed by atoms with Crippen molar-refractivity contribution in [2.24, 2.45) is 5.92 Å². The molecule has 1 fully saturated rings. The fourth-order valence-electron chi connectivity index (χ4n) is 2.90. The zero-order valence-corrected chi connectivity index (χ0v) is 12.5. The number of benzene rings is 2. The van der Waals surface area contributed by atoms with E-state index in [0.717, 1.165) is 13.0 Å². The molecule has 1 N–H and O–H groups in total. The SMILES string of the molecule is Cc1cccc(CCNC(c2ccc(F)cc2)C2CC2)c1. The fourth-order valence-corrected chi connectivity index (χ4v) is 2.90. The number of halogens is 1. The normalized spacial score (nSPS) is 15.9. The number of hydrogen-bond donors (Lipinski definition) is 1. The maximum atomic E-state index is 13.1. The highest BCUT2D eigenvalue weighted by molar-refractivity contribution is 5.24. The van der Waals surface area contributed by atoms with Gasteiger partial charge in [0, 0.05) is 6.04 Å². The molecule has 0 saturated heterocycles. The number of rotatable bonds is 6. The molecule has 0 aliphatic heterocycles. The molecular weight excluding hydrogens is 261 g/mol. The maximum absolute atomic E-state index is 13.1. The molecule has 2 heteroatoms. The molecule has 21 heavy (non-hydrogen) atoms. The predicted molar refractivity (Wildman–Crippen MR) is 84.8 cm³/mol. The number of hydrogen-bond acceptors (Lipinski definition) is 1. The van der Waals surface area contributed by atoms with E-state index in [4.69, 9.17) is 0 Å². The highest BCUT2D eigenvalue weighted by atomic mass is 19.1. The van der Waals surface area contributed by atoms with Crippen molar-refractivity contribution in [3.63, 3.8) is 0 Å². The van der Waals surface area contributed by atoms with E-state index >= 15 is 0 Å². The number of aryl methyl sites for hydroxylation is 1. The molecular formula is C19H22FN. The first kappa shape index (κ1) is 14.3. The van der Waals surface area contributed by atoms with Crippen molar-refractivity contribution >= 4 is 0 Å². The van der Waals surface area contributed by atoms with Crippen LogP contribution in [0.4, 0.5) is 4.39 Å². The lowest BCUT2D eigenvalue weighted by Crippen LogP contribution is -2.25. The zero-order valence-electron chi connectivity index (χ0n) is 12.5. The minimum atomic E-state index is -0.159. The van der Waals surface area contributed by atoms with Gasteiger partial charge in [0.05, 0.1) is 0 Å². The predicted octanol–water partition coefficient (Wildman–Crippen LogP) is 4.42. The van der Waals surface area contributed by atoms with E-state index < -0.39 is 0 Å². The van der Waals surface area contributed by atoms with Gasteiger partial charge in [-0.05, 0) is 61.9 Å². The molecule has 1 nitrogen and oxygen atoms in total. The van der Waals surface area contributed by atoms with Gasteiger partial charge >= 0.3 is 0 Å². The number of nitrogens with one attached hydrogen (secondary N) is 1. The molecule has 3 rings (SSSR count). The van der Waals surface area contributed by atoms with Crippen LogP contribution in [-0.4, -0.2) is 6.54 Å². The molecule has 0 bridgehead atoms. The van der Waals surface area contributed by atoms with Gasteiger partial charge in [0.25, 0.3) is 0 Å². The van der Waals surface area contributed by atoms with Crippen LogP contribution in [0.2, 0.25) is 0 Å². The van der Waals surface area contributed by atoms with Gasteiger partial charge in [-0.2, -0.15) is 0 Å². The van der Waals surface area contributed by atoms with Gasteiger partial charge in [-0.3, -0.25) is 0 Å². The molecule has 1 unspecified atom stereocenters. The van der Waals surface area contributed by atoms with Gasteiger partial charge in [-0.1, -0.05) is 42.0 Å². The fraction of sp³-hybridized carbons (Fsp3) is 0.368. The lowest BCUT2D eigenvalue weighted by molar-refractivity contribution is 0.483. The van der Waals surface area contributed by atoms with E-state index in [0.29, 0.717) is 12.0 Å². The summed E-state index contributed by atoms with van der Waals surface area (Å²) in [6.45, 7) is 3.09. The van der Waals surface area contributed by atoms with Crippen molar-refractivity contribution in [2.75, 3.05) is 6.54 Å². The van der Waals surface area contributed by atoms with Crippen molar-refractivity contribution < 1.29 is 4.39 Å². The largest absolute Gasteiger partial charge is 0.309 e. The lowest BCUT2D eigenvalue weighted by Gasteiger charge is -2.19. The van der Waals surface area contributed by atoms with Gasteiger partial charge in [0.1, 0.15) is 5.82 Å². The summed E-state index contributed by atoms with van der Waals surface area (Å²) in [5, 5.41) is 3.66. The Morgan fingerprint density at radius 3 is 2.57 bits per heavy atom. The second-order valence-electron chi connectivity index (χ2n) is 6.06. The Morgan fingerprint density at radius 1 is 1.14 bits per heavy atom. The molecule has 0 heterocycles. The molecule has 0 radical (unpaired) electrons. The minimum absolute atomic E-state index is 0.159. The lowest BCUT2D eigenvalue weighted by atomic mass is 10.0. The van der Waals surface area contributed by atoms with E-state index in [9.17, 15) is 4.39 Å². The first-order valence-corrected chi connectivity index (χ1v) is 7.77.